The van der Waals surface area contributed by atoms with Crippen molar-refractivity contribution in [1.29, 1.82) is 0 Å². The molecule has 2 aromatic heterocycles. The summed E-state index contributed by atoms with van der Waals surface area (Å²) in [6.45, 7) is 0. The number of aliphatic hydroxyl groups excluding tert-OH is 2. The number of nitrogens with zero attached hydrogens (tertiary/aromatic N) is 2. The molecule has 4 N–H and O–H groups in total. The van der Waals surface area contributed by atoms with E-state index in [0.29, 0.717) is 21.4 Å². The van der Waals surface area contributed by atoms with E-state index >= 15 is 0 Å². The lowest BCUT2D eigenvalue weighted by molar-refractivity contribution is -0.142. The Hall–Kier alpha value is -3.74. The predicted octanol–water partition coefficient (Wildman–Crippen LogP) is 8.56. The Kier molecular flexibility index (Phi) is 12.0. The monoisotopic (exact) mass is 892 g/mol. The number of aromatic nitrogens is 2. The number of hydrogen-bond donors (Lipinski definition) is 4. The molecule has 4 saturated heterocycles. The van der Waals surface area contributed by atoms with E-state index in [1.54, 1.807) is 12.1 Å². The van der Waals surface area contributed by atoms with E-state index in [4.69, 9.17) is 55.9 Å². The van der Waals surface area contributed by atoms with Crippen LogP contribution in [0.25, 0.3) is 0 Å². The van der Waals surface area contributed by atoms with Gasteiger partial charge in [-0.2, -0.15) is 26.3 Å². The van der Waals surface area contributed by atoms with E-state index in [2.05, 4.69) is 20.6 Å². The van der Waals surface area contributed by atoms with Crippen molar-refractivity contribution < 1.29 is 55.6 Å². The first kappa shape index (κ1) is 42.4. The van der Waals surface area contributed by atoms with Gasteiger partial charge in [0.15, 0.2) is 0 Å². The fraction of sp³-hybridized carbons (Fsp3) is 0.368. The van der Waals surface area contributed by atoms with Crippen LogP contribution in [0.4, 0.5) is 37.7 Å². The zero-order valence-corrected chi connectivity index (χ0v) is 32.3. The standard InChI is InChI=1S/2C19H15Cl2F3N2O3/c2*20-10-2-1-9(6-11(10)21)26-18(28)16-13-7-12(27)17(29-13)15(16)8-3-4-25-14(5-8)19(22,23)24/h2*1-6,12-13,15-17,27H,7H2,(H,26,28)/t2*12-,13+,15+,16+,17-/m10/s1. The maximum absolute atomic E-state index is 13.1. The number of halogens is 10. The summed E-state index contributed by atoms with van der Waals surface area (Å²) in [5.74, 6) is -3.90. The second kappa shape index (κ2) is 16.4. The van der Waals surface area contributed by atoms with Crippen LogP contribution in [0.3, 0.4) is 0 Å². The van der Waals surface area contributed by atoms with Crippen LogP contribution in [-0.2, 0) is 31.4 Å². The fourth-order valence-electron chi connectivity index (χ4n) is 8.10. The molecule has 0 spiro atoms. The number of rotatable bonds is 6. The Labute approximate surface area is 345 Å². The first-order valence-electron chi connectivity index (χ1n) is 17.6. The second-order valence-electron chi connectivity index (χ2n) is 14.2. The van der Waals surface area contributed by atoms with Gasteiger partial charge in [0.2, 0.25) is 11.8 Å². The Morgan fingerprint density at radius 3 is 1.33 bits per heavy atom. The van der Waals surface area contributed by atoms with Crippen molar-refractivity contribution in [3.8, 4) is 0 Å². The molecule has 4 fully saturated rings. The summed E-state index contributed by atoms with van der Waals surface area (Å²) in [6.07, 6.45) is -11.2. The van der Waals surface area contributed by atoms with Gasteiger partial charge in [-0.25, -0.2) is 0 Å². The van der Waals surface area contributed by atoms with Gasteiger partial charge in [0.25, 0.3) is 0 Å². The van der Waals surface area contributed by atoms with E-state index in [1.165, 1.54) is 36.4 Å². The van der Waals surface area contributed by atoms with E-state index in [9.17, 15) is 46.1 Å². The van der Waals surface area contributed by atoms with Gasteiger partial charge in [0, 0.05) is 48.4 Å². The predicted molar refractivity (Wildman–Crippen MR) is 200 cm³/mol. The fourth-order valence-corrected chi connectivity index (χ4v) is 8.69. The third-order valence-corrected chi connectivity index (χ3v) is 12.0. The number of pyridine rings is 2. The van der Waals surface area contributed by atoms with E-state index in [-0.39, 0.29) is 34.0 Å². The van der Waals surface area contributed by atoms with Crippen molar-refractivity contribution in [3.63, 3.8) is 0 Å². The first-order valence-corrected chi connectivity index (χ1v) is 19.1. The lowest BCUT2D eigenvalue weighted by Gasteiger charge is -2.30. The highest BCUT2D eigenvalue weighted by molar-refractivity contribution is 6.42. The Bertz CT molecular complexity index is 2070. The largest absolute Gasteiger partial charge is 0.433 e. The quantitative estimate of drug-likeness (QED) is 0.141. The maximum Gasteiger partial charge on any atom is 0.433 e. The van der Waals surface area contributed by atoms with Crippen molar-refractivity contribution in [3.05, 3.63) is 116 Å². The van der Waals surface area contributed by atoms with Gasteiger partial charge in [-0.1, -0.05) is 46.4 Å². The summed E-state index contributed by atoms with van der Waals surface area (Å²) >= 11 is 23.7. The number of carbonyl (C=O) groups excluding carboxylic acids is 2. The Balaban J connectivity index is 0.000000177. The summed E-state index contributed by atoms with van der Waals surface area (Å²) in [5, 5.41) is 27.0. The van der Waals surface area contributed by atoms with E-state index in [1.807, 2.05) is 0 Å². The summed E-state index contributed by atoms with van der Waals surface area (Å²) in [6, 6.07) is 13.8. The lowest BCUT2D eigenvalue weighted by atomic mass is 9.74. The average Bonchev–Trinajstić information content (AvgIpc) is 3.93. The summed E-state index contributed by atoms with van der Waals surface area (Å²) in [4.78, 5) is 32.7. The number of amides is 2. The van der Waals surface area contributed by atoms with Gasteiger partial charge in [-0.05, 0) is 71.8 Å². The molecule has 0 unspecified atom stereocenters. The maximum atomic E-state index is 13.1. The average molecular weight is 894 g/mol. The van der Waals surface area contributed by atoms with Crippen molar-refractivity contribution >= 4 is 69.6 Å². The molecule has 4 aliphatic rings. The third kappa shape index (κ3) is 8.61. The number of aliphatic hydroxyl groups is 2. The summed E-state index contributed by atoms with van der Waals surface area (Å²) in [7, 11) is 0. The number of benzene rings is 2. The normalized spacial score (nSPS) is 28.6. The number of anilines is 2. The molecule has 10 atom stereocenters. The molecule has 4 aromatic rings. The minimum atomic E-state index is -4.62. The molecule has 0 aliphatic carbocycles. The molecule has 8 rings (SSSR count). The third-order valence-electron chi connectivity index (χ3n) is 10.6. The number of nitrogens with one attached hydrogen (secondary N) is 2. The molecule has 58 heavy (non-hydrogen) atoms. The number of alkyl halides is 6. The molecule has 0 radical (unpaired) electrons. The van der Waals surface area contributed by atoms with Crippen molar-refractivity contribution in [1.82, 2.24) is 9.97 Å². The second-order valence-corrected chi connectivity index (χ2v) is 15.8. The SMILES string of the molecule is O=C(Nc1ccc(Cl)c(Cl)c1)[C@@H]1[C@H](c2ccnc(C(F)(F)F)c2)[C@@H]2O[C@H]1C[C@H]2O.O=C(Nc1ccc(Cl)c(Cl)c1)[C@H]1[C@@H](c2ccnc(C(F)(F)F)c2)[C@H]2O[C@@H]1C[C@@H]2O. The number of hydrogen-bond acceptors (Lipinski definition) is 8. The molecule has 0 saturated carbocycles. The minimum absolute atomic E-state index is 0.234. The molecule has 308 valence electrons. The van der Waals surface area contributed by atoms with Crippen LogP contribution in [0.2, 0.25) is 20.1 Å². The van der Waals surface area contributed by atoms with Crippen LogP contribution in [-0.4, -0.2) is 68.6 Å². The number of ether oxygens (including phenoxy) is 2. The molecule has 2 amide bonds. The van der Waals surface area contributed by atoms with Gasteiger partial charge in [0.05, 0.1) is 68.6 Å². The molecule has 4 bridgehead atoms. The van der Waals surface area contributed by atoms with Gasteiger partial charge in [-0.3, -0.25) is 19.6 Å². The van der Waals surface area contributed by atoms with Gasteiger partial charge in [-0.15, -0.1) is 0 Å². The zero-order valence-electron chi connectivity index (χ0n) is 29.3. The van der Waals surface area contributed by atoms with Crippen LogP contribution < -0.4 is 10.6 Å². The highest BCUT2D eigenvalue weighted by Gasteiger charge is 2.58. The highest BCUT2D eigenvalue weighted by atomic mass is 35.5. The molecular weight excluding hydrogens is 864 g/mol. The highest BCUT2D eigenvalue weighted by Crippen LogP contribution is 2.51. The first-order chi connectivity index (χ1) is 27.3. The number of fused-ring (bicyclic) bond motifs is 4. The summed E-state index contributed by atoms with van der Waals surface area (Å²) in [5.41, 5.74) is -0.832. The Morgan fingerprint density at radius 1 is 0.603 bits per heavy atom. The molecule has 10 nitrogen and oxygen atoms in total. The van der Waals surface area contributed by atoms with Crippen molar-refractivity contribution in [2.24, 2.45) is 11.8 Å². The van der Waals surface area contributed by atoms with Crippen LogP contribution in [0.1, 0.15) is 47.2 Å². The van der Waals surface area contributed by atoms with Crippen LogP contribution >= 0.6 is 46.4 Å². The van der Waals surface area contributed by atoms with Crippen molar-refractivity contribution in [2.75, 3.05) is 10.6 Å². The van der Waals surface area contributed by atoms with Crippen LogP contribution in [0.5, 0.6) is 0 Å². The minimum Gasteiger partial charge on any atom is -0.390 e. The molecular formula is C38H30Cl4F6N4O6. The Morgan fingerprint density at radius 2 is 0.983 bits per heavy atom. The van der Waals surface area contributed by atoms with Crippen molar-refractivity contribution in [2.45, 2.75) is 73.7 Å². The topological polar surface area (TPSA) is 143 Å². The van der Waals surface area contributed by atoms with Crippen LogP contribution in [0.15, 0.2) is 73.1 Å². The molecule has 4 aliphatic heterocycles. The smallest absolute Gasteiger partial charge is 0.390 e. The van der Waals surface area contributed by atoms with E-state index in [0.717, 1.165) is 24.5 Å². The lowest BCUT2D eigenvalue weighted by Crippen LogP contribution is -2.41. The van der Waals surface area contributed by atoms with Gasteiger partial charge in [0.1, 0.15) is 11.4 Å². The number of carbonyl (C=O) groups is 2. The van der Waals surface area contributed by atoms with E-state index < -0.39 is 95.9 Å². The van der Waals surface area contributed by atoms with Crippen LogP contribution in [0, 0.1) is 11.8 Å². The summed E-state index contributed by atoms with van der Waals surface area (Å²) < 4.78 is 90.0. The van der Waals surface area contributed by atoms with Gasteiger partial charge < -0.3 is 30.3 Å². The zero-order chi connectivity index (χ0) is 41.8. The molecule has 20 heteroatoms. The molecule has 6 heterocycles. The molecule has 2 aromatic carbocycles. The van der Waals surface area contributed by atoms with Gasteiger partial charge >= 0.3 is 12.4 Å².